The average Bonchev–Trinajstić information content (AvgIpc) is 2.31. The Bertz CT molecular complexity index is 297. The molecule has 0 atom stereocenters. The Kier molecular flexibility index (Phi) is 5.03. The van der Waals surface area contributed by atoms with Crippen molar-refractivity contribution >= 4 is 23.3 Å². The van der Waals surface area contributed by atoms with Crippen LogP contribution >= 0.6 is 0 Å². The number of hydrogen-bond donors (Lipinski definition) is 0. The summed E-state index contributed by atoms with van der Waals surface area (Å²) in [5.74, 6) is -1.59. The SMILES string of the molecule is CCOC(=O)C1(C(=O)OCC)COS(=O)OC1. The first-order chi connectivity index (χ1) is 8.06. The van der Waals surface area contributed by atoms with E-state index in [4.69, 9.17) is 9.47 Å². The third-order valence-electron chi connectivity index (χ3n) is 2.14. The standard InChI is InChI=1S/C9H14O7S/c1-3-13-7(10)9(8(11)14-4-2)5-15-17(12)16-6-9/h3-6H2,1-2H3. The van der Waals surface area contributed by atoms with Crippen molar-refractivity contribution in [2.24, 2.45) is 5.41 Å². The van der Waals surface area contributed by atoms with Crippen molar-refractivity contribution in [3.05, 3.63) is 0 Å². The van der Waals surface area contributed by atoms with Gasteiger partial charge in [-0.3, -0.25) is 18.0 Å². The topological polar surface area (TPSA) is 88.1 Å². The molecule has 0 aromatic heterocycles. The molecule has 1 saturated heterocycles. The van der Waals surface area contributed by atoms with Gasteiger partial charge in [0.2, 0.25) is 5.41 Å². The van der Waals surface area contributed by atoms with E-state index in [0.29, 0.717) is 0 Å². The smallest absolute Gasteiger partial charge is 0.328 e. The lowest BCUT2D eigenvalue weighted by Gasteiger charge is -2.30. The maximum Gasteiger partial charge on any atom is 0.328 e. The maximum absolute atomic E-state index is 11.8. The van der Waals surface area contributed by atoms with Gasteiger partial charge >= 0.3 is 23.3 Å². The van der Waals surface area contributed by atoms with Crippen LogP contribution in [0.2, 0.25) is 0 Å². The van der Waals surface area contributed by atoms with Gasteiger partial charge in [-0.2, -0.15) is 4.21 Å². The van der Waals surface area contributed by atoms with Crippen LogP contribution in [-0.4, -0.2) is 42.6 Å². The van der Waals surface area contributed by atoms with Gasteiger partial charge < -0.3 is 9.47 Å². The molecule has 0 bridgehead atoms. The molecule has 0 aliphatic carbocycles. The number of carbonyl (C=O) groups excluding carboxylic acids is 2. The molecule has 7 nitrogen and oxygen atoms in total. The minimum Gasteiger partial charge on any atom is -0.465 e. The van der Waals surface area contributed by atoms with Crippen molar-refractivity contribution < 1.29 is 31.6 Å². The molecule has 0 amide bonds. The predicted molar refractivity (Wildman–Crippen MR) is 55.7 cm³/mol. The van der Waals surface area contributed by atoms with E-state index in [1.54, 1.807) is 13.8 Å². The lowest BCUT2D eigenvalue weighted by molar-refractivity contribution is -0.179. The Morgan fingerprint density at radius 1 is 1.12 bits per heavy atom. The van der Waals surface area contributed by atoms with E-state index in [1.807, 2.05) is 0 Å². The highest BCUT2D eigenvalue weighted by Gasteiger charge is 2.53. The molecular weight excluding hydrogens is 252 g/mol. The highest BCUT2D eigenvalue weighted by molar-refractivity contribution is 7.75. The lowest BCUT2D eigenvalue weighted by atomic mass is 9.90. The highest BCUT2D eigenvalue weighted by atomic mass is 32.2. The fourth-order valence-electron chi connectivity index (χ4n) is 1.23. The molecule has 0 unspecified atom stereocenters. The molecule has 0 N–H and O–H groups in total. The molecule has 0 spiro atoms. The Balaban J connectivity index is 2.88. The van der Waals surface area contributed by atoms with Gasteiger partial charge in [0, 0.05) is 0 Å². The molecule has 1 fully saturated rings. The Morgan fingerprint density at radius 3 is 1.88 bits per heavy atom. The average molecular weight is 266 g/mol. The largest absolute Gasteiger partial charge is 0.465 e. The van der Waals surface area contributed by atoms with Crippen molar-refractivity contribution in [1.29, 1.82) is 0 Å². The second-order valence-corrected chi connectivity index (χ2v) is 4.13. The minimum absolute atomic E-state index is 0.114. The van der Waals surface area contributed by atoms with Gasteiger partial charge in [0.25, 0.3) is 0 Å². The number of ether oxygens (including phenoxy) is 2. The van der Waals surface area contributed by atoms with Gasteiger partial charge in [-0.05, 0) is 13.8 Å². The van der Waals surface area contributed by atoms with E-state index < -0.39 is 28.7 Å². The predicted octanol–water partition coefficient (Wildman–Crippen LogP) is -0.276. The van der Waals surface area contributed by atoms with Gasteiger partial charge in [-0.1, -0.05) is 0 Å². The summed E-state index contributed by atoms with van der Waals surface area (Å²) in [6.07, 6.45) is 0. The second kappa shape index (κ2) is 6.08. The van der Waals surface area contributed by atoms with Crippen LogP contribution in [0.3, 0.4) is 0 Å². The summed E-state index contributed by atoms with van der Waals surface area (Å²) in [5, 5.41) is 0. The summed E-state index contributed by atoms with van der Waals surface area (Å²) in [5.41, 5.74) is -1.68. The quantitative estimate of drug-likeness (QED) is 0.511. The second-order valence-electron chi connectivity index (χ2n) is 3.25. The molecule has 1 aliphatic heterocycles. The summed E-state index contributed by atoms with van der Waals surface area (Å²) in [6.45, 7) is 2.69. The van der Waals surface area contributed by atoms with E-state index in [1.165, 1.54) is 0 Å². The third kappa shape index (κ3) is 3.02. The molecule has 0 radical (unpaired) electrons. The summed E-state index contributed by atoms with van der Waals surface area (Å²) in [6, 6.07) is 0. The van der Waals surface area contributed by atoms with Gasteiger partial charge in [0.05, 0.1) is 26.4 Å². The van der Waals surface area contributed by atoms with Crippen LogP contribution in [0.15, 0.2) is 0 Å². The van der Waals surface area contributed by atoms with Crippen LogP contribution in [0.25, 0.3) is 0 Å². The zero-order valence-corrected chi connectivity index (χ0v) is 10.4. The van der Waals surface area contributed by atoms with Crippen molar-refractivity contribution in [3.63, 3.8) is 0 Å². The highest BCUT2D eigenvalue weighted by Crippen LogP contribution is 2.27. The molecule has 8 heteroatoms. The van der Waals surface area contributed by atoms with Crippen LogP contribution in [0.4, 0.5) is 0 Å². The van der Waals surface area contributed by atoms with Crippen molar-refractivity contribution in [2.45, 2.75) is 13.8 Å². The molecule has 1 heterocycles. The zero-order chi connectivity index (χ0) is 12.9. The maximum atomic E-state index is 11.8. The Morgan fingerprint density at radius 2 is 1.53 bits per heavy atom. The molecule has 0 aromatic carbocycles. The number of carbonyl (C=O) groups is 2. The Hall–Kier alpha value is -0.990. The summed E-state index contributed by atoms with van der Waals surface area (Å²) < 4.78 is 29.8. The summed E-state index contributed by atoms with van der Waals surface area (Å²) in [7, 11) is 0. The van der Waals surface area contributed by atoms with Crippen LogP contribution in [0, 0.1) is 5.41 Å². The van der Waals surface area contributed by atoms with Crippen LogP contribution in [0.5, 0.6) is 0 Å². The molecule has 0 aromatic rings. The first-order valence-corrected chi connectivity index (χ1v) is 6.09. The van der Waals surface area contributed by atoms with E-state index in [2.05, 4.69) is 8.37 Å². The number of rotatable bonds is 4. The number of esters is 2. The van der Waals surface area contributed by atoms with E-state index in [9.17, 15) is 13.8 Å². The molecular formula is C9H14O7S. The molecule has 1 aliphatic rings. The third-order valence-corrected chi connectivity index (χ3v) is 2.76. The van der Waals surface area contributed by atoms with E-state index in [-0.39, 0.29) is 26.4 Å². The fourth-order valence-corrected chi connectivity index (χ4v) is 1.89. The number of hydrogen-bond acceptors (Lipinski definition) is 7. The molecule has 98 valence electrons. The van der Waals surface area contributed by atoms with Gasteiger partial charge in [-0.15, -0.1) is 0 Å². The summed E-state index contributed by atoms with van der Waals surface area (Å²) >= 11 is -1.94. The van der Waals surface area contributed by atoms with Gasteiger partial charge in [0.15, 0.2) is 0 Å². The van der Waals surface area contributed by atoms with Crippen LogP contribution < -0.4 is 0 Å². The van der Waals surface area contributed by atoms with E-state index in [0.717, 1.165) is 0 Å². The van der Waals surface area contributed by atoms with Gasteiger partial charge in [0.1, 0.15) is 0 Å². The van der Waals surface area contributed by atoms with E-state index >= 15 is 0 Å². The van der Waals surface area contributed by atoms with Crippen molar-refractivity contribution in [2.75, 3.05) is 26.4 Å². The van der Waals surface area contributed by atoms with Crippen LogP contribution in [0.1, 0.15) is 13.8 Å². The fraction of sp³-hybridized carbons (Fsp3) is 0.778. The minimum atomic E-state index is -1.94. The Labute approximate surface area is 101 Å². The van der Waals surface area contributed by atoms with Crippen LogP contribution in [-0.2, 0) is 38.8 Å². The zero-order valence-electron chi connectivity index (χ0n) is 9.59. The summed E-state index contributed by atoms with van der Waals surface area (Å²) in [4.78, 5) is 23.5. The first-order valence-electron chi connectivity index (χ1n) is 5.09. The lowest BCUT2D eigenvalue weighted by Crippen LogP contribution is -2.52. The van der Waals surface area contributed by atoms with Gasteiger partial charge in [-0.25, -0.2) is 0 Å². The molecule has 17 heavy (non-hydrogen) atoms. The monoisotopic (exact) mass is 266 g/mol. The van der Waals surface area contributed by atoms with Crippen molar-refractivity contribution in [3.8, 4) is 0 Å². The molecule has 0 saturated carbocycles. The molecule has 1 rings (SSSR count). The van der Waals surface area contributed by atoms with Crippen molar-refractivity contribution in [1.82, 2.24) is 0 Å². The normalized spacial score (nSPS) is 19.6. The first kappa shape index (κ1) is 14.1.